The van der Waals surface area contributed by atoms with Crippen LogP contribution in [0, 0.1) is 5.92 Å². The number of carboxylic acids is 1. The topological polar surface area (TPSA) is 89.9 Å². The summed E-state index contributed by atoms with van der Waals surface area (Å²) in [6.07, 6.45) is 0.293. The number of carbonyl (C=O) groups is 2. The van der Waals surface area contributed by atoms with Crippen molar-refractivity contribution < 1.29 is 19.8 Å². The van der Waals surface area contributed by atoms with E-state index in [2.05, 4.69) is 5.32 Å². The highest BCUT2D eigenvalue weighted by molar-refractivity contribution is 5.76. The molecule has 0 aliphatic carbocycles. The first-order valence-electron chi connectivity index (χ1n) is 5.85. The van der Waals surface area contributed by atoms with Crippen LogP contribution in [-0.4, -0.2) is 52.3 Å². The quantitative estimate of drug-likeness (QED) is 0.661. The predicted molar refractivity (Wildman–Crippen MR) is 61.6 cm³/mol. The molecule has 98 valence electrons. The highest BCUT2D eigenvalue weighted by atomic mass is 16.4. The third-order valence-electron chi connectivity index (χ3n) is 3.04. The van der Waals surface area contributed by atoms with Gasteiger partial charge in [-0.1, -0.05) is 0 Å². The number of amides is 2. The van der Waals surface area contributed by atoms with E-state index < -0.39 is 12.1 Å². The summed E-state index contributed by atoms with van der Waals surface area (Å²) in [6, 6.07) is -0.632. The molecule has 0 bridgehead atoms. The van der Waals surface area contributed by atoms with Crippen LogP contribution < -0.4 is 5.32 Å². The molecule has 1 rings (SSSR count). The predicted octanol–water partition coefficient (Wildman–Crippen LogP) is 0.262. The van der Waals surface area contributed by atoms with Gasteiger partial charge >= 0.3 is 12.0 Å². The Kier molecular flexibility index (Phi) is 4.74. The first kappa shape index (κ1) is 13.8. The molecular formula is C11H20N2O4. The standard InChI is InChI=1S/C11H20N2O4/c1-7(5-10(15)16)12-11(17)13-4-3-9(6-13)8(2)14/h7-9,14H,3-6H2,1-2H3,(H,12,17)(H,15,16). The average molecular weight is 244 g/mol. The Hall–Kier alpha value is -1.30. The minimum Gasteiger partial charge on any atom is -0.481 e. The first-order valence-corrected chi connectivity index (χ1v) is 5.85. The number of hydrogen-bond donors (Lipinski definition) is 3. The van der Waals surface area contributed by atoms with Gasteiger partial charge in [-0.05, 0) is 20.3 Å². The molecule has 1 heterocycles. The van der Waals surface area contributed by atoms with Crippen LogP contribution in [-0.2, 0) is 4.79 Å². The lowest BCUT2D eigenvalue weighted by molar-refractivity contribution is -0.137. The maximum absolute atomic E-state index is 11.7. The van der Waals surface area contributed by atoms with Crippen LogP contribution in [0.1, 0.15) is 26.7 Å². The summed E-state index contributed by atoms with van der Waals surface area (Å²) in [5, 5.41) is 20.6. The fourth-order valence-electron chi connectivity index (χ4n) is 1.98. The second-order valence-electron chi connectivity index (χ2n) is 4.68. The molecule has 1 aliphatic rings. The van der Waals surface area contributed by atoms with Gasteiger partial charge in [0.1, 0.15) is 0 Å². The van der Waals surface area contributed by atoms with Gasteiger partial charge in [-0.15, -0.1) is 0 Å². The zero-order valence-corrected chi connectivity index (χ0v) is 10.2. The van der Waals surface area contributed by atoms with Crippen molar-refractivity contribution in [1.29, 1.82) is 0 Å². The molecule has 0 aromatic rings. The van der Waals surface area contributed by atoms with Crippen LogP contribution in [0.2, 0.25) is 0 Å². The number of nitrogens with zero attached hydrogens (tertiary/aromatic N) is 1. The highest BCUT2D eigenvalue weighted by Crippen LogP contribution is 2.19. The van der Waals surface area contributed by atoms with Crippen molar-refractivity contribution in [3.8, 4) is 0 Å². The first-order chi connectivity index (χ1) is 7.90. The Bertz CT molecular complexity index is 293. The van der Waals surface area contributed by atoms with E-state index in [4.69, 9.17) is 5.11 Å². The van der Waals surface area contributed by atoms with Crippen LogP contribution in [0.15, 0.2) is 0 Å². The van der Waals surface area contributed by atoms with Crippen molar-refractivity contribution in [2.75, 3.05) is 13.1 Å². The summed E-state index contributed by atoms with van der Waals surface area (Å²) >= 11 is 0. The molecule has 0 spiro atoms. The molecule has 3 N–H and O–H groups in total. The van der Waals surface area contributed by atoms with E-state index in [1.165, 1.54) is 0 Å². The molecule has 2 amide bonds. The van der Waals surface area contributed by atoms with Crippen LogP contribution in [0.25, 0.3) is 0 Å². The summed E-state index contributed by atoms with van der Waals surface area (Å²) in [6.45, 7) is 4.53. The van der Waals surface area contributed by atoms with E-state index in [1.807, 2.05) is 0 Å². The third kappa shape index (κ3) is 4.22. The molecule has 3 atom stereocenters. The Morgan fingerprint density at radius 1 is 1.47 bits per heavy atom. The van der Waals surface area contributed by atoms with Gasteiger partial charge in [-0.25, -0.2) is 4.79 Å². The Balaban J connectivity index is 2.36. The summed E-state index contributed by atoms with van der Waals surface area (Å²) < 4.78 is 0. The molecule has 3 unspecified atom stereocenters. The molecule has 17 heavy (non-hydrogen) atoms. The van der Waals surface area contributed by atoms with Gasteiger partial charge in [0.2, 0.25) is 0 Å². The van der Waals surface area contributed by atoms with Gasteiger partial charge in [0.05, 0.1) is 12.5 Å². The van der Waals surface area contributed by atoms with Gasteiger partial charge in [-0.2, -0.15) is 0 Å². The Morgan fingerprint density at radius 2 is 2.12 bits per heavy atom. The van der Waals surface area contributed by atoms with Crippen molar-refractivity contribution in [3.05, 3.63) is 0 Å². The van der Waals surface area contributed by atoms with Crippen LogP contribution >= 0.6 is 0 Å². The zero-order chi connectivity index (χ0) is 13.0. The normalized spacial score (nSPS) is 23.2. The second kappa shape index (κ2) is 5.86. The van der Waals surface area contributed by atoms with Crippen molar-refractivity contribution in [1.82, 2.24) is 10.2 Å². The van der Waals surface area contributed by atoms with E-state index in [9.17, 15) is 14.7 Å². The summed E-state index contributed by atoms with van der Waals surface area (Å²) in [7, 11) is 0. The third-order valence-corrected chi connectivity index (χ3v) is 3.04. The minimum atomic E-state index is -0.930. The van der Waals surface area contributed by atoms with Crippen molar-refractivity contribution in [2.24, 2.45) is 5.92 Å². The number of aliphatic hydroxyl groups excluding tert-OH is 1. The lowest BCUT2D eigenvalue weighted by Gasteiger charge is -2.20. The molecule has 0 saturated carbocycles. The molecule has 6 heteroatoms. The smallest absolute Gasteiger partial charge is 0.317 e. The van der Waals surface area contributed by atoms with Gasteiger partial charge < -0.3 is 20.4 Å². The molecule has 1 fully saturated rings. The fourth-order valence-corrected chi connectivity index (χ4v) is 1.98. The van der Waals surface area contributed by atoms with Gasteiger partial charge in [0, 0.05) is 25.0 Å². The van der Waals surface area contributed by atoms with E-state index in [-0.39, 0.29) is 24.4 Å². The fraction of sp³-hybridized carbons (Fsp3) is 0.818. The molecule has 1 saturated heterocycles. The Morgan fingerprint density at radius 3 is 2.59 bits per heavy atom. The van der Waals surface area contributed by atoms with Crippen molar-refractivity contribution >= 4 is 12.0 Å². The largest absolute Gasteiger partial charge is 0.481 e. The number of carbonyl (C=O) groups excluding carboxylic acids is 1. The monoisotopic (exact) mass is 244 g/mol. The maximum Gasteiger partial charge on any atom is 0.317 e. The molecule has 0 aromatic heterocycles. The van der Waals surface area contributed by atoms with Crippen LogP contribution in [0.3, 0.4) is 0 Å². The van der Waals surface area contributed by atoms with Crippen LogP contribution in [0.4, 0.5) is 4.79 Å². The SMILES string of the molecule is CC(CC(=O)O)NC(=O)N1CCC(C(C)O)C1. The summed E-state index contributed by atoms with van der Waals surface area (Å²) in [4.78, 5) is 23.8. The molecule has 6 nitrogen and oxygen atoms in total. The van der Waals surface area contributed by atoms with Crippen molar-refractivity contribution in [2.45, 2.75) is 38.8 Å². The lowest BCUT2D eigenvalue weighted by Crippen LogP contribution is -2.43. The number of likely N-dealkylation sites (tertiary alicyclic amines) is 1. The number of aliphatic carboxylic acids is 1. The average Bonchev–Trinajstić information content (AvgIpc) is 2.64. The summed E-state index contributed by atoms with van der Waals surface area (Å²) in [5.74, 6) is -0.809. The number of aliphatic hydroxyl groups is 1. The molecule has 0 radical (unpaired) electrons. The number of urea groups is 1. The Labute approximate surface area is 101 Å². The number of carboxylic acid groups (broad SMARTS) is 1. The number of rotatable bonds is 4. The van der Waals surface area contributed by atoms with E-state index in [1.54, 1.807) is 18.7 Å². The lowest BCUT2D eigenvalue weighted by atomic mass is 10.0. The van der Waals surface area contributed by atoms with E-state index in [0.717, 1.165) is 6.42 Å². The zero-order valence-electron chi connectivity index (χ0n) is 10.2. The molecule has 0 aromatic carbocycles. The highest BCUT2D eigenvalue weighted by Gasteiger charge is 2.29. The van der Waals surface area contributed by atoms with Crippen LogP contribution in [0.5, 0.6) is 0 Å². The molecule has 1 aliphatic heterocycles. The second-order valence-corrected chi connectivity index (χ2v) is 4.68. The maximum atomic E-state index is 11.7. The van der Waals surface area contributed by atoms with Gasteiger partial charge in [0.15, 0.2) is 0 Å². The summed E-state index contributed by atoms with van der Waals surface area (Å²) in [5.41, 5.74) is 0. The number of nitrogens with one attached hydrogen (secondary N) is 1. The minimum absolute atomic E-state index is 0.0839. The van der Waals surface area contributed by atoms with Crippen molar-refractivity contribution in [3.63, 3.8) is 0 Å². The van der Waals surface area contributed by atoms with Gasteiger partial charge in [-0.3, -0.25) is 4.79 Å². The van der Waals surface area contributed by atoms with E-state index >= 15 is 0 Å². The molecular weight excluding hydrogens is 224 g/mol. The number of hydrogen-bond acceptors (Lipinski definition) is 3. The van der Waals surface area contributed by atoms with Gasteiger partial charge in [0.25, 0.3) is 0 Å². The van der Waals surface area contributed by atoms with E-state index in [0.29, 0.717) is 13.1 Å².